The number of amides is 2. The number of benzene rings is 1. The Kier molecular flexibility index (Phi) is 9.96. The molecule has 0 radical (unpaired) electrons. The Morgan fingerprint density at radius 2 is 1.82 bits per heavy atom. The Labute approximate surface area is 202 Å². The van der Waals surface area contributed by atoms with Gasteiger partial charge in [-0.1, -0.05) is 36.4 Å². The number of rotatable bonds is 9. The quantitative estimate of drug-likeness (QED) is 0.287. The fourth-order valence-corrected chi connectivity index (χ4v) is 4.06. The molecule has 1 saturated heterocycles. The monoisotopic (exact) mass is 474 g/mol. The van der Waals surface area contributed by atoms with E-state index in [1.165, 1.54) is 12.0 Å². The molecular weight excluding hydrogens is 436 g/mol. The summed E-state index contributed by atoms with van der Waals surface area (Å²) in [5, 5.41) is 0. The van der Waals surface area contributed by atoms with Gasteiger partial charge in [-0.2, -0.15) is 0 Å². The van der Waals surface area contributed by atoms with Crippen molar-refractivity contribution in [3.05, 3.63) is 48.6 Å². The number of carbonyl (C=O) groups is 3. The lowest BCUT2D eigenvalue weighted by atomic mass is 10.1. The van der Waals surface area contributed by atoms with Crippen molar-refractivity contribution in [1.82, 2.24) is 9.80 Å². The molecule has 0 spiro atoms. The lowest BCUT2D eigenvalue weighted by molar-refractivity contribution is -0.146. The van der Waals surface area contributed by atoms with Gasteiger partial charge in [-0.05, 0) is 58.9 Å². The van der Waals surface area contributed by atoms with Gasteiger partial charge >= 0.3 is 18.2 Å². The van der Waals surface area contributed by atoms with E-state index in [0.717, 1.165) is 24.8 Å². The number of ether oxygens (including phenoxy) is 3. The fraction of sp³-hybridized carbons (Fsp3) is 0.577. The molecule has 8 nitrogen and oxygen atoms in total. The Hall–Kier alpha value is -3.03. The third-order valence-electron chi connectivity index (χ3n) is 5.79. The molecule has 3 atom stereocenters. The minimum absolute atomic E-state index is 0.0338. The highest BCUT2D eigenvalue weighted by molar-refractivity contribution is 5.81. The van der Waals surface area contributed by atoms with Crippen LogP contribution in [-0.2, 0) is 25.6 Å². The van der Waals surface area contributed by atoms with Crippen LogP contribution in [0.4, 0.5) is 9.59 Å². The number of carbonyl (C=O) groups excluding carboxylic acids is 3. The summed E-state index contributed by atoms with van der Waals surface area (Å²) >= 11 is 0. The second kappa shape index (κ2) is 12.4. The molecular formula is C26H38N2O6. The van der Waals surface area contributed by atoms with E-state index in [1.807, 2.05) is 57.2 Å². The van der Waals surface area contributed by atoms with E-state index >= 15 is 0 Å². The third kappa shape index (κ3) is 7.78. The van der Waals surface area contributed by atoms with E-state index in [0.29, 0.717) is 6.42 Å². The van der Waals surface area contributed by atoms with Crippen LogP contribution in [0.3, 0.4) is 0 Å². The summed E-state index contributed by atoms with van der Waals surface area (Å²) in [4.78, 5) is 41.6. The van der Waals surface area contributed by atoms with E-state index < -0.39 is 29.8 Å². The minimum Gasteiger partial charge on any atom is -0.467 e. The molecule has 34 heavy (non-hydrogen) atoms. The molecule has 2 amide bonds. The molecule has 1 heterocycles. The van der Waals surface area contributed by atoms with Gasteiger partial charge in [0.1, 0.15) is 18.2 Å². The number of allylic oxidation sites excluding steroid dienone is 1. The van der Waals surface area contributed by atoms with Crippen LogP contribution in [0, 0.1) is 0 Å². The summed E-state index contributed by atoms with van der Waals surface area (Å²) in [6.45, 7) is 11.0. The first-order chi connectivity index (χ1) is 16.1. The van der Waals surface area contributed by atoms with Crippen molar-refractivity contribution in [2.75, 3.05) is 13.7 Å². The zero-order chi connectivity index (χ0) is 25.3. The Balaban J connectivity index is 2.23. The van der Waals surface area contributed by atoms with Crippen LogP contribution < -0.4 is 0 Å². The number of nitrogens with zero attached hydrogens (tertiary/aromatic N) is 2. The summed E-state index contributed by atoms with van der Waals surface area (Å²) in [7, 11) is 1.28. The predicted molar refractivity (Wildman–Crippen MR) is 129 cm³/mol. The van der Waals surface area contributed by atoms with Gasteiger partial charge in [0.2, 0.25) is 0 Å². The molecule has 188 valence electrons. The van der Waals surface area contributed by atoms with Gasteiger partial charge in [0.25, 0.3) is 0 Å². The summed E-state index contributed by atoms with van der Waals surface area (Å²) < 4.78 is 16.1. The number of likely N-dealkylation sites (tertiary alicyclic amines) is 1. The molecule has 1 aliphatic rings. The second-order valence-corrected chi connectivity index (χ2v) is 9.53. The molecule has 0 aliphatic carbocycles. The van der Waals surface area contributed by atoms with Gasteiger partial charge in [0.05, 0.1) is 13.2 Å². The normalized spacial score (nSPS) is 18.7. The van der Waals surface area contributed by atoms with E-state index in [2.05, 4.69) is 6.58 Å². The van der Waals surface area contributed by atoms with E-state index in [-0.39, 0.29) is 25.2 Å². The van der Waals surface area contributed by atoms with Crippen molar-refractivity contribution >= 4 is 18.2 Å². The maximum atomic E-state index is 13.1. The maximum Gasteiger partial charge on any atom is 0.410 e. The summed E-state index contributed by atoms with van der Waals surface area (Å²) in [5.74, 6) is -0.554. The lowest BCUT2D eigenvalue weighted by Crippen LogP contribution is -2.53. The van der Waals surface area contributed by atoms with Crippen LogP contribution in [0.1, 0.15) is 58.9 Å². The molecule has 0 unspecified atom stereocenters. The van der Waals surface area contributed by atoms with E-state index in [1.54, 1.807) is 11.8 Å². The molecule has 1 aromatic carbocycles. The van der Waals surface area contributed by atoms with Crippen LogP contribution in [0.2, 0.25) is 0 Å². The molecule has 0 aromatic heterocycles. The summed E-state index contributed by atoms with van der Waals surface area (Å²) in [6, 6.07) is 8.08. The fourth-order valence-electron chi connectivity index (χ4n) is 4.06. The molecule has 0 saturated carbocycles. The largest absolute Gasteiger partial charge is 0.467 e. The van der Waals surface area contributed by atoms with Gasteiger partial charge in [-0.25, -0.2) is 14.4 Å². The van der Waals surface area contributed by atoms with Crippen LogP contribution in [0.25, 0.3) is 0 Å². The second-order valence-electron chi connectivity index (χ2n) is 9.53. The van der Waals surface area contributed by atoms with Gasteiger partial charge in [0.15, 0.2) is 0 Å². The van der Waals surface area contributed by atoms with Gasteiger partial charge in [0, 0.05) is 12.6 Å². The SMILES string of the molecule is C=CCC[C@H]1CC[C@@H](CN(C(=O)OCc2ccccc2)[C@@H](C)C(=O)OC)N1C(=O)OC(C)(C)C. The molecule has 1 aromatic rings. The van der Waals surface area contributed by atoms with Crippen molar-refractivity contribution in [3.8, 4) is 0 Å². The average molecular weight is 475 g/mol. The van der Waals surface area contributed by atoms with Gasteiger partial charge < -0.3 is 19.1 Å². The molecule has 1 aliphatic heterocycles. The zero-order valence-corrected chi connectivity index (χ0v) is 21.0. The smallest absolute Gasteiger partial charge is 0.410 e. The topological polar surface area (TPSA) is 85.4 Å². The first-order valence-corrected chi connectivity index (χ1v) is 11.7. The highest BCUT2D eigenvalue weighted by Crippen LogP contribution is 2.30. The maximum absolute atomic E-state index is 13.1. The number of esters is 1. The number of hydrogen-bond donors (Lipinski definition) is 0. The molecule has 0 bridgehead atoms. The molecule has 8 heteroatoms. The Bertz CT molecular complexity index is 835. The predicted octanol–water partition coefficient (Wildman–Crippen LogP) is 4.92. The first-order valence-electron chi connectivity index (χ1n) is 11.7. The highest BCUT2D eigenvalue weighted by Gasteiger charge is 2.42. The van der Waals surface area contributed by atoms with E-state index in [9.17, 15) is 14.4 Å². The highest BCUT2D eigenvalue weighted by atomic mass is 16.6. The number of methoxy groups -OCH3 is 1. The van der Waals surface area contributed by atoms with Crippen LogP contribution >= 0.6 is 0 Å². The third-order valence-corrected chi connectivity index (χ3v) is 5.79. The van der Waals surface area contributed by atoms with Gasteiger partial charge in [-0.3, -0.25) is 4.90 Å². The lowest BCUT2D eigenvalue weighted by Gasteiger charge is -2.36. The summed E-state index contributed by atoms with van der Waals surface area (Å²) in [5.41, 5.74) is 0.183. The van der Waals surface area contributed by atoms with Crippen molar-refractivity contribution < 1.29 is 28.6 Å². The Morgan fingerprint density at radius 3 is 2.41 bits per heavy atom. The zero-order valence-electron chi connectivity index (χ0n) is 21.0. The van der Waals surface area contributed by atoms with Crippen molar-refractivity contribution in [1.29, 1.82) is 0 Å². The van der Waals surface area contributed by atoms with Crippen LogP contribution in [0.5, 0.6) is 0 Å². The van der Waals surface area contributed by atoms with Crippen LogP contribution in [-0.4, -0.2) is 65.3 Å². The summed E-state index contributed by atoms with van der Waals surface area (Å²) in [6.07, 6.45) is 3.73. The minimum atomic E-state index is -0.874. The Morgan fingerprint density at radius 1 is 1.18 bits per heavy atom. The van der Waals surface area contributed by atoms with Crippen molar-refractivity contribution in [3.63, 3.8) is 0 Å². The van der Waals surface area contributed by atoms with E-state index in [4.69, 9.17) is 14.2 Å². The molecule has 1 fully saturated rings. The average Bonchev–Trinajstić information content (AvgIpc) is 3.20. The van der Waals surface area contributed by atoms with Crippen molar-refractivity contribution in [2.24, 2.45) is 0 Å². The molecule has 0 N–H and O–H groups in total. The van der Waals surface area contributed by atoms with Crippen LogP contribution in [0.15, 0.2) is 43.0 Å². The standard InChI is InChI=1S/C26H38N2O6/c1-7-8-14-21-15-16-22(28(21)25(31)34-26(3,4)5)17-27(19(2)23(29)32-6)24(30)33-18-20-12-10-9-11-13-20/h7,9-13,19,21-22H,1,8,14-18H2,2-6H3/t19-,21-,22-/m0/s1. The number of hydrogen-bond acceptors (Lipinski definition) is 6. The molecule has 2 rings (SSSR count). The van der Waals surface area contributed by atoms with Crippen molar-refractivity contribution in [2.45, 2.75) is 83.7 Å². The first kappa shape index (κ1) is 27.2. The van der Waals surface area contributed by atoms with Gasteiger partial charge in [-0.15, -0.1) is 6.58 Å².